The monoisotopic (exact) mass is 554 g/mol. The molecule has 1 aliphatic heterocycles. The molecule has 2 aromatic heterocycles. The molecule has 1 amide bonds. The number of rotatable bonds is 8. The van der Waals surface area contributed by atoms with Crippen LogP contribution < -0.4 is 14.8 Å². The fourth-order valence-corrected chi connectivity index (χ4v) is 5.39. The van der Waals surface area contributed by atoms with Crippen LogP contribution in [0.1, 0.15) is 53.1 Å². The Labute approximate surface area is 222 Å². The fraction of sp³-hybridized carbons (Fsp3) is 0.296. The van der Waals surface area contributed by atoms with Gasteiger partial charge in [0.2, 0.25) is 0 Å². The van der Waals surface area contributed by atoms with Crippen molar-refractivity contribution < 1.29 is 31.5 Å². The first kappa shape index (κ1) is 25.2. The minimum atomic E-state index is -3.71. The molecule has 0 atom stereocenters. The van der Waals surface area contributed by atoms with E-state index in [-0.39, 0.29) is 47.1 Å². The van der Waals surface area contributed by atoms with Crippen LogP contribution in [0.4, 0.5) is 8.78 Å². The molecular weight excluding hydrogens is 530 g/mol. The van der Waals surface area contributed by atoms with Crippen LogP contribution >= 0.6 is 0 Å². The Kier molecular flexibility index (Phi) is 6.01. The van der Waals surface area contributed by atoms with E-state index in [0.29, 0.717) is 22.3 Å². The number of sulfone groups is 1. The number of halogens is 2. The number of nitrogens with zero attached hydrogens (tertiary/aromatic N) is 3. The van der Waals surface area contributed by atoms with Crippen LogP contribution in [0.5, 0.6) is 11.5 Å². The molecule has 0 bridgehead atoms. The summed E-state index contributed by atoms with van der Waals surface area (Å²) in [4.78, 5) is 22.0. The van der Waals surface area contributed by atoms with E-state index in [1.165, 1.54) is 18.3 Å². The molecule has 1 fully saturated rings. The highest BCUT2D eigenvalue weighted by atomic mass is 32.2. The van der Waals surface area contributed by atoms with E-state index in [1.807, 2.05) is 4.57 Å². The molecular formula is C27H24F2N4O5S. The number of aromatic nitrogens is 3. The zero-order valence-electron chi connectivity index (χ0n) is 20.9. The molecule has 0 spiro atoms. The number of benzene rings is 2. The second-order valence-electron chi connectivity index (χ2n) is 9.52. The second-order valence-corrected chi connectivity index (χ2v) is 11.8. The number of hydrogen-bond donors (Lipinski definition) is 1. The van der Waals surface area contributed by atoms with Gasteiger partial charge in [-0.05, 0) is 49.2 Å². The topological polar surface area (TPSA) is 112 Å². The number of amides is 1. The van der Waals surface area contributed by atoms with Gasteiger partial charge >= 0.3 is 6.29 Å². The second kappa shape index (κ2) is 9.30. The number of carbonyl (C=O) groups excluding carboxylic acids is 1. The third-order valence-electron chi connectivity index (χ3n) is 6.79. The maximum atomic E-state index is 13.7. The fourth-order valence-electron chi connectivity index (χ4n) is 4.57. The van der Waals surface area contributed by atoms with Gasteiger partial charge in [0.25, 0.3) is 5.91 Å². The van der Waals surface area contributed by atoms with Crippen LogP contribution in [-0.2, 0) is 22.9 Å². The number of carbonyl (C=O) groups is 1. The molecule has 0 saturated heterocycles. The van der Waals surface area contributed by atoms with E-state index >= 15 is 0 Å². The molecule has 2 aromatic carbocycles. The number of para-hydroxylation sites is 1. The van der Waals surface area contributed by atoms with Crippen molar-refractivity contribution in [3.05, 3.63) is 77.4 Å². The molecule has 39 heavy (non-hydrogen) atoms. The highest BCUT2D eigenvalue weighted by Crippen LogP contribution is 2.45. The Morgan fingerprint density at radius 3 is 2.69 bits per heavy atom. The van der Waals surface area contributed by atoms with Gasteiger partial charge in [0.15, 0.2) is 21.3 Å². The molecule has 12 heteroatoms. The van der Waals surface area contributed by atoms with Crippen LogP contribution in [0.2, 0.25) is 0 Å². The minimum absolute atomic E-state index is 0.00929. The lowest BCUT2D eigenvalue weighted by Gasteiger charge is -2.11. The van der Waals surface area contributed by atoms with Crippen LogP contribution in [-0.4, -0.2) is 40.9 Å². The summed E-state index contributed by atoms with van der Waals surface area (Å²) in [7, 11) is -3.35. The van der Waals surface area contributed by atoms with Gasteiger partial charge in [-0.15, -0.1) is 8.78 Å². The van der Waals surface area contributed by atoms with Gasteiger partial charge in [-0.3, -0.25) is 9.78 Å². The molecule has 1 aliphatic carbocycles. The van der Waals surface area contributed by atoms with Gasteiger partial charge in [-0.25, -0.2) is 13.4 Å². The summed E-state index contributed by atoms with van der Waals surface area (Å²) in [5, 5.41) is 2.80. The zero-order chi connectivity index (χ0) is 27.4. The van der Waals surface area contributed by atoms with E-state index < -0.39 is 16.1 Å². The van der Waals surface area contributed by atoms with Crippen molar-refractivity contribution in [1.82, 2.24) is 19.9 Å². The predicted molar refractivity (Wildman–Crippen MR) is 137 cm³/mol. The van der Waals surface area contributed by atoms with Crippen molar-refractivity contribution in [2.75, 3.05) is 5.75 Å². The number of nitrogens with one attached hydrogen (secondary N) is 1. The van der Waals surface area contributed by atoms with Crippen molar-refractivity contribution >= 4 is 26.8 Å². The number of fused-ring (bicyclic) bond motifs is 2. The Balaban J connectivity index is 1.23. The summed E-state index contributed by atoms with van der Waals surface area (Å²) in [5.74, 6) is 0.742. The average molecular weight is 555 g/mol. The predicted octanol–water partition coefficient (Wildman–Crippen LogP) is 4.40. The van der Waals surface area contributed by atoms with Crippen LogP contribution in [0.3, 0.4) is 0 Å². The van der Waals surface area contributed by atoms with Crippen LogP contribution in [0, 0.1) is 0 Å². The van der Waals surface area contributed by atoms with Gasteiger partial charge < -0.3 is 19.4 Å². The molecule has 2 aliphatic rings. The number of hydrogen-bond acceptors (Lipinski definition) is 7. The maximum absolute atomic E-state index is 13.7. The van der Waals surface area contributed by atoms with E-state index in [9.17, 15) is 22.0 Å². The number of pyridine rings is 1. The number of imidazole rings is 1. The molecule has 3 heterocycles. The van der Waals surface area contributed by atoms with Crippen molar-refractivity contribution in [1.29, 1.82) is 0 Å². The third kappa shape index (κ3) is 4.91. The SMILES string of the molecule is CCS(=O)(=O)c1ccc(CNC(=O)c2ccc3c(c2)nc(C2CC2)n3Cc2cccc3c2OC(F)(F)O3)nc1. The molecule has 1 N–H and O–H groups in total. The van der Waals surface area contributed by atoms with Gasteiger partial charge in [0, 0.05) is 23.2 Å². The highest BCUT2D eigenvalue weighted by Gasteiger charge is 2.44. The lowest BCUT2D eigenvalue weighted by molar-refractivity contribution is -0.286. The van der Waals surface area contributed by atoms with Crippen molar-refractivity contribution in [2.45, 2.75) is 50.0 Å². The van der Waals surface area contributed by atoms with Crippen LogP contribution in [0.15, 0.2) is 59.6 Å². The molecule has 9 nitrogen and oxygen atoms in total. The molecule has 202 valence electrons. The zero-order valence-corrected chi connectivity index (χ0v) is 21.7. The summed E-state index contributed by atoms with van der Waals surface area (Å²) < 4.78 is 62.7. The van der Waals surface area contributed by atoms with Gasteiger partial charge in [0.05, 0.1) is 40.5 Å². The molecule has 4 aromatic rings. The molecule has 0 radical (unpaired) electrons. The average Bonchev–Trinajstić information content (AvgIpc) is 3.63. The summed E-state index contributed by atoms with van der Waals surface area (Å²) in [5.41, 5.74) is 2.85. The lowest BCUT2D eigenvalue weighted by atomic mass is 10.1. The normalized spacial score (nSPS) is 16.0. The number of alkyl halides is 2. The summed E-state index contributed by atoms with van der Waals surface area (Å²) in [6.45, 7) is 1.94. The largest absolute Gasteiger partial charge is 0.586 e. The maximum Gasteiger partial charge on any atom is 0.586 e. The quantitative estimate of drug-likeness (QED) is 0.344. The Bertz CT molecular complexity index is 1700. The minimum Gasteiger partial charge on any atom is -0.395 e. The molecule has 1 saturated carbocycles. The lowest BCUT2D eigenvalue weighted by Crippen LogP contribution is -2.26. The summed E-state index contributed by atoms with van der Waals surface area (Å²) in [6.07, 6.45) is -0.459. The molecule has 0 unspecified atom stereocenters. The summed E-state index contributed by atoms with van der Waals surface area (Å²) in [6, 6.07) is 13.0. The van der Waals surface area contributed by atoms with Gasteiger partial charge in [-0.1, -0.05) is 19.1 Å². The van der Waals surface area contributed by atoms with E-state index in [1.54, 1.807) is 43.3 Å². The van der Waals surface area contributed by atoms with Crippen molar-refractivity contribution in [3.63, 3.8) is 0 Å². The first-order valence-corrected chi connectivity index (χ1v) is 14.1. The standard InChI is InChI=1S/C27H24F2N4O5S/c1-2-39(35,36)20-10-9-19(30-14-20)13-31-26(34)17-8-11-22-21(12-17)32-25(16-6-7-16)33(22)15-18-4-3-5-23-24(18)38-27(28,29)37-23/h3-5,8-12,14,16H,2,6-7,13,15H2,1H3,(H,31,34). The Hall–Kier alpha value is -4.06. The van der Waals surface area contributed by atoms with Gasteiger partial charge in [-0.2, -0.15) is 0 Å². The van der Waals surface area contributed by atoms with Crippen molar-refractivity contribution in [3.8, 4) is 11.5 Å². The number of ether oxygens (including phenoxy) is 2. The molecule has 6 rings (SSSR count). The van der Waals surface area contributed by atoms with Crippen molar-refractivity contribution in [2.24, 2.45) is 0 Å². The first-order valence-electron chi connectivity index (χ1n) is 12.5. The Morgan fingerprint density at radius 2 is 1.97 bits per heavy atom. The highest BCUT2D eigenvalue weighted by molar-refractivity contribution is 7.91. The van der Waals surface area contributed by atoms with Gasteiger partial charge in [0.1, 0.15) is 5.82 Å². The first-order chi connectivity index (χ1) is 18.6. The van der Waals surface area contributed by atoms with E-state index in [2.05, 4.69) is 15.0 Å². The smallest absolute Gasteiger partial charge is 0.395 e. The summed E-state index contributed by atoms with van der Waals surface area (Å²) >= 11 is 0. The third-order valence-corrected chi connectivity index (χ3v) is 8.51. The van der Waals surface area contributed by atoms with E-state index in [0.717, 1.165) is 24.2 Å². The Morgan fingerprint density at radius 1 is 1.15 bits per heavy atom. The van der Waals surface area contributed by atoms with E-state index in [4.69, 9.17) is 9.72 Å². The van der Waals surface area contributed by atoms with Crippen LogP contribution in [0.25, 0.3) is 11.0 Å².